The third-order valence-corrected chi connectivity index (χ3v) is 0.517. The van der Waals surface area contributed by atoms with E-state index in [-0.39, 0.29) is 32.7 Å². The molecule has 1 aromatic rings. The summed E-state index contributed by atoms with van der Waals surface area (Å²) in [5, 5.41) is 7.00. The number of pyridine rings is 1. The largest absolute Gasteiger partial charge is 0.400 e. The molecule has 0 saturated carbocycles. The molecule has 0 unspecified atom stereocenters. The van der Waals surface area contributed by atoms with Gasteiger partial charge < -0.3 is 10.1 Å². The molecule has 1 rings (SSSR count). The maximum Gasteiger partial charge on any atom is 0.0319 e. The molecule has 0 amide bonds. The van der Waals surface area contributed by atoms with Gasteiger partial charge in [-0.3, -0.25) is 0 Å². The predicted molar refractivity (Wildman–Crippen MR) is 42.6 cm³/mol. The summed E-state index contributed by atoms with van der Waals surface area (Å²) in [5.74, 6) is 0. The van der Waals surface area contributed by atoms with Gasteiger partial charge in [0, 0.05) is 39.8 Å². The zero-order valence-electron chi connectivity index (χ0n) is 7.28. The molecular weight excluding hydrogens is 215 g/mol. The molecule has 61 valence electrons. The van der Waals surface area contributed by atoms with Gasteiger partial charge in [-0.1, -0.05) is 26.2 Å². The van der Waals surface area contributed by atoms with Crippen molar-refractivity contribution < 1.29 is 37.8 Å². The fourth-order valence-electron chi connectivity index (χ4n) is 0.277. The van der Waals surface area contributed by atoms with Gasteiger partial charge in [0.2, 0.25) is 0 Å². The topological polar surface area (TPSA) is 33.1 Å². The second-order valence-electron chi connectivity index (χ2n) is 0.959. The molecular formula is C8H14NOY-. The van der Waals surface area contributed by atoms with Crippen LogP contribution in [0.5, 0.6) is 0 Å². The fourth-order valence-corrected chi connectivity index (χ4v) is 0.277. The molecule has 0 saturated heterocycles. The van der Waals surface area contributed by atoms with Crippen molar-refractivity contribution in [2.45, 2.75) is 13.8 Å². The average Bonchev–Trinajstić information content (AvgIpc) is 2.14. The maximum atomic E-state index is 7.00. The summed E-state index contributed by atoms with van der Waals surface area (Å²) < 4.78 is 0. The van der Waals surface area contributed by atoms with Crippen molar-refractivity contribution >= 4 is 0 Å². The van der Waals surface area contributed by atoms with E-state index in [0.29, 0.717) is 0 Å². The van der Waals surface area contributed by atoms with Crippen LogP contribution in [0.2, 0.25) is 0 Å². The molecule has 0 aliphatic rings. The minimum Gasteiger partial charge on any atom is -0.400 e. The molecule has 1 radical (unpaired) electrons. The third kappa shape index (κ3) is 17.8. The first-order chi connectivity index (χ1) is 5.00. The van der Waals surface area contributed by atoms with E-state index in [1.807, 2.05) is 26.0 Å². The second kappa shape index (κ2) is 22.5. The van der Waals surface area contributed by atoms with Gasteiger partial charge in [-0.25, -0.2) is 0 Å². The van der Waals surface area contributed by atoms with Crippen molar-refractivity contribution in [2.75, 3.05) is 7.11 Å². The zero-order chi connectivity index (χ0) is 8.24. The van der Waals surface area contributed by atoms with Crippen LogP contribution < -0.4 is 0 Å². The van der Waals surface area contributed by atoms with E-state index in [1.54, 1.807) is 12.3 Å². The van der Waals surface area contributed by atoms with Crippen molar-refractivity contribution in [2.24, 2.45) is 0 Å². The molecule has 11 heavy (non-hydrogen) atoms. The molecule has 2 nitrogen and oxygen atoms in total. The molecule has 1 aromatic heterocycles. The monoisotopic (exact) mass is 229 g/mol. The van der Waals surface area contributed by atoms with Crippen LogP contribution in [0.1, 0.15) is 13.8 Å². The van der Waals surface area contributed by atoms with Crippen LogP contribution in [-0.4, -0.2) is 17.2 Å². The van der Waals surface area contributed by atoms with Gasteiger partial charge >= 0.3 is 0 Å². The predicted octanol–water partition coefficient (Wildman–Crippen LogP) is 1.51. The van der Waals surface area contributed by atoms with Crippen molar-refractivity contribution in [3.8, 4) is 0 Å². The quantitative estimate of drug-likeness (QED) is 0.684. The number of rotatable bonds is 0. The molecule has 3 heteroatoms. The van der Waals surface area contributed by atoms with Gasteiger partial charge in [-0.05, 0) is 0 Å². The van der Waals surface area contributed by atoms with Crippen LogP contribution in [0, 0.1) is 6.20 Å². The molecule has 0 fully saturated rings. The summed E-state index contributed by atoms with van der Waals surface area (Å²) in [6.45, 7) is 4.00. The van der Waals surface area contributed by atoms with E-state index in [1.165, 1.54) is 0 Å². The van der Waals surface area contributed by atoms with Gasteiger partial charge in [-0.2, -0.15) is 18.2 Å². The van der Waals surface area contributed by atoms with E-state index >= 15 is 0 Å². The van der Waals surface area contributed by atoms with Crippen LogP contribution in [0.4, 0.5) is 0 Å². The van der Waals surface area contributed by atoms with E-state index in [2.05, 4.69) is 11.2 Å². The SMILES string of the molecule is CC.CO.[Y].[c-]1ccccn1. The second-order valence-corrected chi connectivity index (χ2v) is 0.959. The minimum absolute atomic E-state index is 0. The summed E-state index contributed by atoms with van der Waals surface area (Å²) in [6.07, 6.45) is 4.34. The van der Waals surface area contributed by atoms with Gasteiger partial charge in [0.25, 0.3) is 0 Å². The summed E-state index contributed by atoms with van der Waals surface area (Å²) >= 11 is 0. The average molecular weight is 229 g/mol. The Morgan fingerprint density at radius 1 is 1.18 bits per heavy atom. The Hall–Kier alpha value is 0.214. The van der Waals surface area contributed by atoms with Crippen LogP contribution in [-0.2, 0) is 32.7 Å². The molecule has 1 heterocycles. The molecule has 0 aromatic carbocycles. The first-order valence-electron chi connectivity index (χ1n) is 3.22. The van der Waals surface area contributed by atoms with Crippen molar-refractivity contribution in [3.63, 3.8) is 0 Å². The van der Waals surface area contributed by atoms with E-state index in [4.69, 9.17) is 5.11 Å². The summed E-state index contributed by atoms with van der Waals surface area (Å²) in [6, 6.07) is 5.50. The van der Waals surface area contributed by atoms with Crippen LogP contribution >= 0.6 is 0 Å². The minimum atomic E-state index is 0. The fraction of sp³-hybridized carbons (Fsp3) is 0.375. The van der Waals surface area contributed by atoms with Gasteiger partial charge in [-0.15, -0.1) is 0 Å². The standard InChI is InChI=1S/C5H4N.C2H6.CH4O.Y/c1-2-4-6-5-3-1;2*1-2;/h1-4H;1-2H3;2H,1H3;/q-1;;;. The van der Waals surface area contributed by atoms with E-state index in [9.17, 15) is 0 Å². The van der Waals surface area contributed by atoms with Crippen molar-refractivity contribution in [3.05, 3.63) is 30.6 Å². The summed E-state index contributed by atoms with van der Waals surface area (Å²) in [7, 11) is 1.00. The number of aliphatic hydroxyl groups is 1. The van der Waals surface area contributed by atoms with E-state index in [0.717, 1.165) is 7.11 Å². The Morgan fingerprint density at radius 3 is 1.82 bits per heavy atom. The van der Waals surface area contributed by atoms with Gasteiger partial charge in [0.15, 0.2) is 0 Å². The van der Waals surface area contributed by atoms with Crippen molar-refractivity contribution in [1.29, 1.82) is 0 Å². The maximum absolute atomic E-state index is 7.00. The van der Waals surface area contributed by atoms with E-state index < -0.39 is 0 Å². The van der Waals surface area contributed by atoms with Gasteiger partial charge in [0.05, 0.1) is 0 Å². The number of aromatic nitrogens is 1. The molecule has 0 atom stereocenters. The van der Waals surface area contributed by atoms with Crippen LogP contribution in [0.3, 0.4) is 0 Å². The normalized spacial score (nSPS) is 5.45. The molecule has 0 aliphatic heterocycles. The number of aliphatic hydroxyl groups excluding tert-OH is 1. The Morgan fingerprint density at radius 2 is 1.73 bits per heavy atom. The third-order valence-electron chi connectivity index (χ3n) is 0.517. The Bertz CT molecular complexity index is 86.0. The van der Waals surface area contributed by atoms with Crippen LogP contribution in [0.15, 0.2) is 24.4 Å². The number of hydrogen-bond donors (Lipinski definition) is 1. The molecule has 0 spiro atoms. The first kappa shape index (κ1) is 17.3. The smallest absolute Gasteiger partial charge is 0.0319 e. The van der Waals surface area contributed by atoms with Crippen molar-refractivity contribution in [1.82, 2.24) is 4.98 Å². The Kier molecular flexibility index (Phi) is 35.4. The molecule has 0 bridgehead atoms. The van der Waals surface area contributed by atoms with Crippen LogP contribution in [0.25, 0.3) is 0 Å². The summed E-state index contributed by atoms with van der Waals surface area (Å²) in [4.78, 5) is 3.66. The molecule has 1 N–H and O–H groups in total. The first-order valence-corrected chi connectivity index (χ1v) is 3.22. The molecule has 0 aliphatic carbocycles. The zero-order valence-corrected chi connectivity index (χ0v) is 10.1. The van der Waals surface area contributed by atoms with Gasteiger partial charge in [0.1, 0.15) is 0 Å². The number of hydrogen-bond acceptors (Lipinski definition) is 2. The number of nitrogens with zero attached hydrogens (tertiary/aromatic N) is 1. The summed E-state index contributed by atoms with van der Waals surface area (Å²) in [5.41, 5.74) is 0. The Balaban J connectivity index is -0.000000114. The Labute approximate surface area is 93.9 Å².